The van der Waals surface area contributed by atoms with Gasteiger partial charge in [-0.1, -0.05) is 48.5 Å². The molecule has 4 heteroatoms. The van der Waals surface area contributed by atoms with Crippen molar-refractivity contribution in [3.63, 3.8) is 0 Å². The molecular formula is C23H20N2OS. The SMILES string of the molecule is COc1ccc(-c2csc(=NCc3ccccc3)n2-c2ccccc2)cc1. The normalized spacial score (nSPS) is 11.5. The van der Waals surface area contributed by atoms with Gasteiger partial charge in [-0.25, -0.2) is 0 Å². The van der Waals surface area contributed by atoms with Crippen LogP contribution >= 0.6 is 11.3 Å². The van der Waals surface area contributed by atoms with Crippen LogP contribution in [-0.2, 0) is 6.54 Å². The van der Waals surface area contributed by atoms with E-state index in [-0.39, 0.29) is 0 Å². The number of hydrogen-bond acceptors (Lipinski definition) is 3. The molecule has 0 aliphatic carbocycles. The maximum Gasteiger partial charge on any atom is 0.190 e. The summed E-state index contributed by atoms with van der Waals surface area (Å²) in [6.45, 7) is 0.663. The number of ether oxygens (including phenoxy) is 1. The summed E-state index contributed by atoms with van der Waals surface area (Å²) < 4.78 is 7.51. The Hall–Kier alpha value is -3.11. The summed E-state index contributed by atoms with van der Waals surface area (Å²) in [6.07, 6.45) is 0. The van der Waals surface area contributed by atoms with Crippen LogP contribution in [0.25, 0.3) is 16.9 Å². The summed E-state index contributed by atoms with van der Waals surface area (Å²) in [5.41, 5.74) is 4.57. The smallest absolute Gasteiger partial charge is 0.190 e. The maximum absolute atomic E-state index is 5.29. The Morgan fingerprint density at radius 1 is 0.852 bits per heavy atom. The van der Waals surface area contributed by atoms with Gasteiger partial charge in [0, 0.05) is 11.1 Å². The minimum Gasteiger partial charge on any atom is -0.497 e. The van der Waals surface area contributed by atoms with E-state index in [1.54, 1.807) is 18.4 Å². The predicted molar refractivity (Wildman–Crippen MR) is 111 cm³/mol. The van der Waals surface area contributed by atoms with Gasteiger partial charge < -0.3 is 4.74 Å². The molecule has 0 bridgehead atoms. The third-order valence-corrected chi connectivity index (χ3v) is 5.21. The molecule has 0 spiro atoms. The van der Waals surface area contributed by atoms with Gasteiger partial charge in [0.25, 0.3) is 0 Å². The van der Waals surface area contributed by atoms with Gasteiger partial charge >= 0.3 is 0 Å². The van der Waals surface area contributed by atoms with E-state index in [9.17, 15) is 0 Å². The minimum atomic E-state index is 0.663. The Labute approximate surface area is 162 Å². The van der Waals surface area contributed by atoms with Crippen LogP contribution in [0.3, 0.4) is 0 Å². The van der Waals surface area contributed by atoms with Crippen molar-refractivity contribution in [2.24, 2.45) is 4.99 Å². The molecule has 0 atom stereocenters. The average molecular weight is 372 g/mol. The lowest BCUT2D eigenvalue weighted by molar-refractivity contribution is 0.415. The molecule has 1 heterocycles. The molecule has 3 aromatic carbocycles. The van der Waals surface area contributed by atoms with Gasteiger partial charge in [-0.05, 0) is 47.5 Å². The summed E-state index contributed by atoms with van der Waals surface area (Å²) in [7, 11) is 1.68. The Kier molecular flexibility index (Phi) is 5.17. The fraction of sp³-hybridized carbons (Fsp3) is 0.0870. The van der Waals surface area contributed by atoms with Gasteiger partial charge in [0.05, 0.1) is 19.3 Å². The van der Waals surface area contributed by atoms with Crippen LogP contribution in [-0.4, -0.2) is 11.7 Å². The molecule has 0 amide bonds. The van der Waals surface area contributed by atoms with E-state index in [0.29, 0.717) is 6.54 Å². The van der Waals surface area contributed by atoms with Gasteiger partial charge in [0.2, 0.25) is 0 Å². The molecule has 1 aromatic heterocycles. The zero-order chi connectivity index (χ0) is 18.5. The van der Waals surface area contributed by atoms with Crippen molar-refractivity contribution < 1.29 is 4.74 Å². The minimum absolute atomic E-state index is 0.663. The van der Waals surface area contributed by atoms with Gasteiger partial charge in [0.15, 0.2) is 4.80 Å². The van der Waals surface area contributed by atoms with Crippen LogP contribution in [0.15, 0.2) is 95.3 Å². The number of hydrogen-bond donors (Lipinski definition) is 0. The number of para-hydroxylation sites is 1. The molecule has 3 nitrogen and oxygen atoms in total. The van der Waals surface area contributed by atoms with Gasteiger partial charge in [-0.15, -0.1) is 11.3 Å². The molecule has 0 saturated heterocycles. The molecule has 0 radical (unpaired) electrons. The third kappa shape index (κ3) is 3.86. The number of aromatic nitrogens is 1. The number of thiazole rings is 1. The van der Waals surface area contributed by atoms with Crippen molar-refractivity contribution in [2.75, 3.05) is 7.11 Å². The van der Waals surface area contributed by atoms with Crippen molar-refractivity contribution in [1.29, 1.82) is 0 Å². The third-order valence-electron chi connectivity index (χ3n) is 4.35. The van der Waals surface area contributed by atoms with E-state index in [1.807, 2.05) is 36.4 Å². The number of methoxy groups -OCH3 is 1. The highest BCUT2D eigenvalue weighted by molar-refractivity contribution is 7.07. The molecular weight excluding hydrogens is 352 g/mol. The zero-order valence-corrected chi connectivity index (χ0v) is 15.9. The van der Waals surface area contributed by atoms with E-state index in [4.69, 9.17) is 9.73 Å². The fourth-order valence-electron chi connectivity index (χ4n) is 2.95. The molecule has 134 valence electrons. The van der Waals surface area contributed by atoms with Crippen LogP contribution in [0.1, 0.15) is 5.56 Å². The largest absolute Gasteiger partial charge is 0.497 e. The first-order chi connectivity index (χ1) is 13.3. The van der Waals surface area contributed by atoms with Crippen molar-refractivity contribution >= 4 is 11.3 Å². The molecule has 0 unspecified atom stereocenters. The van der Waals surface area contributed by atoms with Crippen molar-refractivity contribution in [1.82, 2.24) is 4.57 Å². The lowest BCUT2D eigenvalue weighted by atomic mass is 10.1. The average Bonchev–Trinajstić information content (AvgIpc) is 3.17. The van der Waals surface area contributed by atoms with Crippen LogP contribution in [0.5, 0.6) is 5.75 Å². The first kappa shape index (κ1) is 17.3. The van der Waals surface area contributed by atoms with Crippen molar-refractivity contribution in [3.05, 3.63) is 101 Å². The molecule has 0 saturated carbocycles. The summed E-state index contributed by atoms with van der Waals surface area (Å²) >= 11 is 1.66. The van der Waals surface area contributed by atoms with E-state index >= 15 is 0 Å². The highest BCUT2D eigenvalue weighted by Crippen LogP contribution is 2.25. The van der Waals surface area contributed by atoms with Crippen LogP contribution in [0, 0.1) is 0 Å². The summed E-state index contributed by atoms with van der Waals surface area (Å²) in [4.78, 5) is 5.87. The van der Waals surface area contributed by atoms with E-state index in [2.05, 4.69) is 58.5 Å². The molecule has 0 N–H and O–H groups in total. The molecule has 27 heavy (non-hydrogen) atoms. The Balaban J connectivity index is 1.81. The second kappa shape index (κ2) is 8.06. The molecule has 0 aliphatic rings. The standard InChI is InChI=1S/C23H20N2OS/c1-26-21-14-12-19(13-15-21)22-17-27-23(24-16-18-8-4-2-5-9-18)25(22)20-10-6-3-7-11-20/h2-15,17H,16H2,1H3. The Morgan fingerprint density at radius 2 is 1.52 bits per heavy atom. The number of nitrogens with zero attached hydrogens (tertiary/aromatic N) is 2. The molecule has 4 rings (SSSR count). The fourth-order valence-corrected chi connectivity index (χ4v) is 3.86. The van der Waals surface area contributed by atoms with Gasteiger partial charge in [0.1, 0.15) is 5.75 Å². The predicted octanol–water partition coefficient (Wildman–Crippen LogP) is 5.32. The second-order valence-corrected chi connectivity index (χ2v) is 6.94. The molecule has 4 aromatic rings. The lowest BCUT2D eigenvalue weighted by Gasteiger charge is -2.10. The van der Waals surface area contributed by atoms with E-state index in [1.165, 1.54) is 5.56 Å². The highest BCUT2D eigenvalue weighted by atomic mass is 32.1. The van der Waals surface area contributed by atoms with Crippen molar-refractivity contribution in [2.45, 2.75) is 6.54 Å². The summed E-state index contributed by atoms with van der Waals surface area (Å²) in [6, 6.07) is 28.9. The van der Waals surface area contributed by atoms with Gasteiger partial charge in [-0.2, -0.15) is 0 Å². The number of benzene rings is 3. The summed E-state index contributed by atoms with van der Waals surface area (Å²) in [5, 5.41) is 2.17. The van der Waals surface area contributed by atoms with Crippen LogP contribution in [0.4, 0.5) is 0 Å². The van der Waals surface area contributed by atoms with Crippen molar-refractivity contribution in [3.8, 4) is 22.7 Å². The monoisotopic (exact) mass is 372 g/mol. The van der Waals surface area contributed by atoms with E-state index < -0.39 is 0 Å². The Morgan fingerprint density at radius 3 is 2.19 bits per heavy atom. The van der Waals surface area contributed by atoms with E-state index in [0.717, 1.165) is 27.5 Å². The lowest BCUT2D eigenvalue weighted by Crippen LogP contribution is -2.14. The first-order valence-corrected chi connectivity index (χ1v) is 9.68. The number of rotatable bonds is 5. The first-order valence-electron chi connectivity index (χ1n) is 8.80. The van der Waals surface area contributed by atoms with Gasteiger partial charge in [-0.3, -0.25) is 9.56 Å². The zero-order valence-electron chi connectivity index (χ0n) is 15.1. The Bertz CT molecular complexity index is 1060. The quantitative estimate of drug-likeness (QED) is 0.466. The maximum atomic E-state index is 5.29. The summed E-state index contributed by atoms with van der Waals surface area (Å²) in [5.74, 6) is 0.856. The topological polar surface area (TPSA) is 26.5 Å². The molecule has 0 fully saturated rings. The second-order valence-electron chi connectivity index (χ2n) is 6.10. The molecule has 0 aliphatic heterocycles. The van der Waals surface area contributed by atoms with Crippen LogP contribution < -0.4 is 9.54 Å². The highest BCUT2D eigenvalue weighted by Gasteiger charge is 2.10. The van der Waals surface area contributed by atoms with Crippen LogP contribution in [0.2, 0.25) is 0 Å².